The van der Waals surface area contributed by atoms with Gasteiger partial charge in [0.1, 0.15) is 5.69 Å². The zero-order valence-corrected chi connectivity index (χ0v) is 14.0. The number of amides is 1. The molecule has 0 atom stereocenters. The molecule has 0 saturated carbocycles. The maximum Gasteiger partial charge on any atom is 0.262 e. The Morgan fingerprint density at radius 1 is 0.889 bits per heavy atom. The van der Waals surface area contributed by atoms with Gasteiger partial charge in [0.15, 0.2) is 34.8 Å². The fourth-order valence-corrected chi connectivity index (χ4v) is 2.01. The van der Waals surface area contributed by atoms with E-state index in [9.17, 15) is 26.7 Å². The van der Waals surface area contributed by atoms with Crippen LogP contribution in [0.2, 0.25) is 0 Å². The summed E-state index contributed by atoms with van der Waals surface area (Å²) in [6, 6.07) is 4.74. The maximum atomic E-state index is 13.5. The van der Waals surface area contributed by atoms with E-state index in [-0.39, 0.29) is 0 Å². The van der Waals surface area contributed by atoms with E-state index in [0.717, 1.165) is 6.08 Å². The fourth-order valence-electron chi connectivity index (χ4n) is 2.01. The van der Waals surface area contributed by atoms with E-state index >= 15 is 0 Å². The molecule has 2 N–H and O–H groups in total. The number of carbonyl (C=O) groups is 1. The first-order chi connectivity index (χ1) is 12.8. The number of anilines is 1. The van der Waals surface area contributed by atoms with Crippen LogP contribution >= 0.6 is 0 Å². The molecule has 0 bridgehead atoms. The summed E-state index contributed by atoms with van der Waals surface area (Å²) >= 11 is 0. The molecule has 0 saturated heterocycles. The van der Waals surface area contributed by atoms with Gasteiger partial charge in [0.2, 0.25) is 5.82 Å². The SMILES string of the molecule is COc1ccc(/C=C/C(=O)NNc2c(F)c(F)c(F)c(F)c2F)cc1OC. The van der Waals surface area contributed by atoms with Crippen molar-refractivity contribution in [3.05, 3.63) is 58.9 Å². The second-order valence-corrected chi connectivity index (χ2v) is 5.01. The number of carbonyl (C=O) groups excluding carboxylic acids is 1. The van der Waals surface area contributed by atoms with Crippen molar-refractivity contribution < 1.29 is 36.2 Å². The molecule has 2 aromatic carbocycles. The van der Waals surface area contributed by atoms with Gasteiger partial charge in [-0.2, -0.15) is 0 Å². The molecule has 27 heavy (non-hydrogen) atoms. The van der Waals surface area contributed by atoms with Gasteiger partial charge < -0.3 is 9.47 Å². The maximum absolute atomic E-state index is 13.5. The predicted octanol–water partition coefficient (Wildman–Crippen LogP) is 3.56. The second kappa shape index (κ2) is 8.39. The lowest BCUT2D eigenvalue weighted by Crippen LogP contribution is -2.29. The van der Waals surface area contributed by atoms with Crippen LogP contribution < -0.4 is 20.3 Å². The van der Waals surface area contributed by atoms with Crippen LogP contribution in [0.25, 0.3) is 6.08 Å². The number of hydrogen-bond donors (Lipinski definition) is 2. The molecule has 0 radical (unpaired) electrons. The van der Waals surface area contributed by atoms with Crippen LogP contribution in [0, 0.1) is 29.1 Å². The normalized spacial score (nSPS) is 10.8. The summed E-state index contributed by atoms with van der Waals surface area (Å²) in [6.45, 7) is 0. The molecule has 0 unspecified atom stereocenters. The number of ether oxygens (including phenoxy) is 2. The zero-order valence-electron chi connectivity index (χ0n) is 14.0. The Morgan fingerprint density at radius 3 is 2.00 bits per heavy atom. The molecular weight excluding hydrogens is 375 g/mol. The number of rotatable bonds is 6. The highest BCUT2D eigenvalue weighted by molar-refractivity contribution is 5.92. The number of hydrazine groups is 1. The van der Waals surface area contributed by atoms with E-state index in [1.165, 1.54) is 20.3 Å². The summed E-state index contributed by atoms with van der Waals surface area (Å²) in [6.07, 6.45) is 2.30. The number of nitrogens with one attached hydrogen (secondary N) is 2. The minimum Gasteiger partial charge on any atom is -0.493 e. The van der Waals surface area contributed by atoms with Gasteiger partial charge >= 0.3 is 0 Å². The Bertz CT molecular complexity index is 874. The molecule has 0 aliphatic rings. The van der Waals surface area contributed by atoms with Gasteiger partial charge in [-0.1, -0.05) is 6.07 Å². The Balaban J connectivity index is 2.10. The molecular formula is C17H13F5N2O3. The highest BCUT2D eigenvalue weighted by Crippen LogP contribution is 2.28. The number of benzene rings is 2. The summed E-state index contributed by atoms with van der Waals surface area (Å²) in [5, 5.41) is 0. The van der Waals surface area contributed by atoms with Crippen molar-refractivity contribution in [3.8, 4) is 11.5 Å². The molecule has 0 aliphatic heterocycles. The first kappa shape index (κ1) is 20.0. The van der Waals surface area contributed by atoms with Gasteiger partial charge in [-0.25, -0.2) is 22.0 Å². The van der Waals surface area contributed by atoms with Crippen LogP contribution in [-0.4, -0.2) is 20.1 Å². The first-order valence-corrected chi connectivity index (χ1v) is 7.27. The van der Waals surface area contributed by atoms with Crippen molar-refractivity contribution >= 4 is 17.7 Å². The first-order valence-electron chi connectivity index (χ1n) is 7.27. The topological polar surface area (TPSA) is 59.6 Å². The Hall–Kier alpha value is -3.30. The van der Waals surface area contributed by atoms with E-state index < -0.39 is 40.7 Å². The fraction of sp³-hybridized carbons (Fsp3) is 0.118. The van der Waals surface area contributed by atoms with Crippen molar-refractivity contribution in [1.82, 2.24) is 5.43 Å². The lowest BCUT2D eigenvalue weighted by molar-refractivity contribution is -0.116. The van der Waals surface area contributed by atoms with Gasteiger partial charge in [-0.3, -0.25) is 15.6 Å². The Morgan fingerprint density at radius 2 is 1.44 bits per heavy atom. The molecule has 2 rings (SSSR count). The highest BCUT2D eigenvalue weighted by Gasteiger charge is 2.25. The molecule has 0 fully saturated rings. The summed E-state index contributed by atoms with van der Waals surface area (Å²) in [5.41, 5.74) is 2.63. The van der Waals surface area contributed by atoms with Gasteiger partial charge in [-0.15, -0.1) is 0 Å². The lowest BCUT2D eigenvalue weighted by atomic mass is 10.2. The molecule has 1 amide bonds. The number of methoxy groups -OCH3 is 2. The molecule has 10 heteroatoms. The largest absolute Gasteiger partial charge is 0.493 e. The molecule has 0 aromatic heterocycles. The van der Waals surface area contributed by atoms with E-state index in [1.54, 1.807) is 23.6 Å². The smallest absolute Gasteiger partial charge is 0.262 e. The van der Waals surface area contributed by atoms with Crippen LogP contribution in [0.3, 0.4) is 0 Å². The minimum atomic E-state index is -2.30. The molecule has 144 valence electrons. The van der Waals surface area contributed by atoms with Crippen molar-refractivity contribution in [1.29, 1.82) is 0 Å². The van der Waals surface area contributed by atoms with Gasteiger partial charge in [0.05, 0.1) is 14.2 Å². The monoisotopic (exact) mass is 388 g/mol. The zero-order chi connectivity index (χ0) is 20.1. The quantitative estimate of drug-likeness (QED) is 0.261. The summed E-state index contributed by atoms with van der Waals surface area (Å²) < 4.78 is 76.2. The van der Waals surface area contributed by atoms with Crippen LogP contribution in [0.1, 0.15) is 5.56 Å². The number of halogens is 5. The molecule has 0 aliphatic carbocycles. The highest BCUT2D eigenvalue weighted by atomic mass is 19.2. The van der Waals surface area contributed by atoms with Crippen LogP contribution in [0.4, 0.5) is 27.6 Å². The Kier molecular flexibility index (Phi) is 6.22. The van der Waals surface area contributed by atoms with E-state index in [4.69, 9.17) is 9.47 Å². The molecule has 5 nitrogen and oxygen atoms in total. The molecule has 0 heterocycles. The third-order valence-corrected chi connectivity index (χ3v) is 3.36. The summed E-state index contributed by atoms with van der Waals surface area (Å²) in [4.78, 5) is 11.7. The van der Waals surface area contributed by atoms with E-state index in [1.807, 2.05) is 5.43 Å². The standard InChI is InChI=1S/C17H13F5N2O3/c1-26-9-5-3-8(7-10(9)27-2)4-6-11(25)23-24-17-15(21)13(19)12(18)14(20)16(17)22/h3-7,24H,1-2H3,(H,23,25)/b6-4+. The molecule has 2 aromatic rings. The van der Waals surface area contributed by atoms with Crippen LogP contribution in [0.5, 0.6) is 11.5 Å². The average molecular weight is 388 g/mol. The third-order valence-electron chi connectivity index (χ3n) is 3.36. The van der Waals surface area contributed by atoms with E-state index in [0.29, 0.717) is 17.1 Å². The van der Waals surface area contributed by atoms with Crippen molar-refractivity contribution in [2.45, 2.75) is 0 Å². The molecule has 0 spiro atoms. The van der Waals surface area contributed by atoms with Gasteiger partial charge in [0.25, 0.3) is 5.91 Å². The van der Waals surface area contributed by atoms with Gasteiger partial charge in [0, 0.05) is 6.08 Å². The predicted molar refractivity (Wildman–Crippen MR) is 86.6 cm³/mol. The lowest BCUT2D eigenvalue weighted by Gasteiger charge is -2.10. The van der Waals surface area contributed by atoms with Crippen molar-refractivity contribution in [3.63, 3.8) is 0 Å². The average Bonchev–Trinajstić information content (AvgIpc) is 2.68. The number of hydrogen-bond acceptors (Lipinski definition) is 4. The van der Waals surface area contributed by atoms with Crippen molar-refractivity contribution in [2.24, 2.45) is 0 Å². The summed E-state index contributed by atoms with van der Waals surface area (Å²) in [7, 11) is 2.87. The third kappa shape index (κ3) is 4.27. The minimum absolute atomic E-state index is 0.402. The second-order valence-electron chi connectivity index (χ2n) is 5.01. The van der Waals surface area contributed by atoms with Crippen molar-refractivity contribution in [2.75, 3.05) is 19.6 Å². The summed E-state index contributed by atoms with van der Waals surface area (Å²) in [5.74, 6) is -10.8. The Labute approximate surface area is 150 Å². The van der Waals surface area contributed by atoms with Crippen LogP contribution in [-0.2, 0) is 4.79 Å². The van der Waals surface area contributed by atoms with Crippen LogP contribution in [0.15, 0.2) is 24.3 Å². The van der Waals surface area contributed by atoms with E-state index in [2.05, 4.69) is 0 Å². The van der Waals surface area contributed by atoms with Gasteiger partial charge in [-0.05, 0) is 23.8 Å².